The van der Waals surface area contributed by atoms with Crippen molar-refractivity contribution in [3.05, 3.63) is 75.6 Å². The SMILES string of the molecule is Cc1noc(NS(=O)(=O)c2ccc(NC(=O)c3c4c(nc5ccc(Cl)cc35)CCC4)cc2)c1C. The molecule has 8 nitrogen and oxygen atoms in total. The summed E-state index contributed by atoms with van der Waals surface area (Å²) in [4.78, 5) is 18.1. The van der Waals surface area contributed by atoms with Gasteiger partial charge >= 0.3 is 0 Å². The fourth-order valence-corrected chi connectivity index (χ4v) is 5.32. The third-order valence-corrected chi connectivity index (χ3v) is 7.59. The molecule has 5 rings (SSSR count). The van der Waals surface area contributed by atoms with Crippen LogP contribution in [0.25, 0.3) is 10.9 Å². The molecule has 10 heteroatoms. The normalized spacial score (nSPS) is 13.1. The van der Waals surface area contributed by atoms with Crippen LogP contribution < -0.4 is 10.0 Å². The van der Waals surface area contributed by atoms with Crippen molar-refractivity contribution in [2.24, 2.45) is 0 Å². The van der Waals surface area contributed by atoms with Crippen molar-refractivity contribution in [1.82, 2.24) is 10.1 Å². The van der Waals surface area contributed by atoms with Gasteiger partial charge in [0.25, 0.3) is 15.9 Å². The van der Waals surface area contributed by atoms with Gasteiger partial charge in [0.1, 0.15) is 0 Å². The van der Waals surface area contributed by atoms with Crippen LogP contribution in [0.15, 0.2) is 51.9 Å². The van der Waals surface area contributed by atoms with Crippen LogP contribution in [-0.4, -0.2) is 24.5 Å². The average molecular weight is 497 g/mol. The van der Waals surface area contributed by atoms with Gasteiger partial charge in [-0.25, -0.2) is 13.1 Å². The fraction of sp³-hybridized carbons (Fsp3) is 0.208. The summed E-state index contributed by atoms with van der Waals surface area (Å²) in [6.07, 6.45) is 2.55. The molecule has 2 heterocycles. The lowest BCUT2D eigenvalue weighted by atomic mass is 10.0. The minimum absolute atomic E-state index is 0.0287. The van der Waals surface area contributed by atoms with Crippen LogP contribution >= 0.6 is 11.6 Å². The summed E-state index contributed by atoms with van der Waals surface area (Å²) in [7, 11) is -3.88. The molecule has 1 amide bonds. The molecule has 0 spiro atoms. The first kappa shape index (κ1) is 22.4. The molecule has 4 aromatic rings. The Bertz CT molecular complexity index is 1550. The number of fused-ring (bicyclic) bond motifs is 2. The van der Waals surface area contributed by atoms with Gasteiger partial charge in [0.05, 0.1) is 21.7 Å². The summed E-state index contributed by atoms with van der Waals surface area (Å²) in [5, 5.41) is 7.87. The zero-order valence-corrected chi connectivity index (χ0v) is 20.0. The van der Waals surface area contributed by atoms with Gasteiger partial charge in [-0.15, -0.1) is 0 Å². The molecule has 1 aliphatic rings. The van der Waals surface area contributed by atoms with E-state index in [1.54, 1.807) is 38.1 Å². The third kappa shape index (κ3) is 4.01. The number of sulfonamides is 1. The number of hydrogen-bond acceptors (Lipinski definition) is 6. The summed E-state index contributed by atoms with van der Waals surface area (Å²) in [6.45, 7) is 3.44. The number of aromatic nitrogens is 2. The predicted octanol–water partition coefficient (Wildman–Crippen LogP) is 5.03. The molecule has 2 aromatic carbocycles. The van der Waals surface area contributed by atoms with Gasteiger partial charge in [-0.05, 0) is 81.1 Å². The minimum Gasteiger partial charge on any atom is -0.337 e. The monoisotopic (exact) mass is 496 g/mol. The first-order chi connectivity index (χ1) is 16.2. The number of benzene rings is 2. The Morgan fingerprint density at radius 2 is 1.85 bits per heavy atom. The van der Waals surface area contributed by atoms with Crippen molar-refractivity contribution in [2.45, 2.75) is 38.0 Å². The maximum absolute atomic E-state index is 13.3. The van der Waals surface area contributed by atoms with Gasteiger partial charge in [-0.1, -0.05) is 16.8 Å². The summed E-state index contributed by atoms with van der Waals surface area (Å²) >= 11 is 6.20. The highest BCUT2D eigenvalue weighted by Crippen LogP contribution is 2.32. The standard InChI is InChI=1S/C24H21ClN4O4S/c1-13-14(2)28-33-24(13)29-34(31,32)17-9-7-16(8-10-17)26-23(30)22-18-4-3-5-20(18)27-21-11-6-15(25)12-19(21)22/h6-12,29H,3-5H2,1-2H3,(H,26,30). The van der Waals surface area contributed by atoms with E-state index in [1.165, 1.54) is 12.1 Å². The number of carbonyl (C=O) groups excluding carboxylic acids is 1. The highest BCUT2D eigenvalue weighted by atomic mass is 35.5. The van der Waals surface area contributed by atoms with Crippen LogP contribution in [0.2, 0.25) is 5.02 Å². The lowest BCUT2D eigenvalue weighted by Crippen LogP contribution is -2.16. The van der Waals surface area contributed by atoms with E-state index in [2.05, 4.69) is 15.2 Å². The fourth-order valence-electron chi connectivity index (χ4n) is 4.10. The first-order valence-corrected chi connectivity index (χ1v) is 12.6. The molecule has 2 aromatic heterocycles. The number of nitrogens with zero attached hydrogens (tertiary/aromatic N) is 2. The molecular formula is C24H21ClN4O4S. The number of hydrogen-bond donors (Lipinski definition) is 2. The number of anilines is 2. The van der Waals surface area contributed by atoms with Crippen molar-refractivity contribution < 1.29 is 17.7 Å². The Balaban J connectivity index is 1.42. The van der Waals surface area contributed by atoms with Crippen LogP contribution in [0.4, 0.5) is 11.6 Å². The number of amides is 1. The summed E-state index contributed by atoms with van der Waals surface area (Å²) < 4.78 is 32.9. The molecule has 0 bridgehead atoms. The van der Waals surface area contributed by atoms with Crippen LogP contribution in [0.3, 0.4) is 0 Å². The predicted molar refractivity (Wildman–Crippen MR) is 130 cm³/mol. The Kier molecular flexibility index (Phi) is 5.53. The van der Waals surface area contributed by atoms with Crippen LogP contribution in [0.5, 0.6) is 0 Å². The topological polar surface area (TPSA) is 114 Å². The van der Waals surface area contributed by atoms with Gasteiger partial charge < -0.3 is 9.84 Å². The molecule has 0 radical (unpaired) electrons. The van der Waals surface area contributed by atoms with Crippen molar-refractivity contribution in [3.63, 3.8) is 0 Å². The van der Waals surface area contributed by atoms with E-state index in [0.717, 1.165) is 36.0 Å². The van der Waals surface area contributed by atoms with Gasteiger partial charge in [0.2, 0.25) is 5.88 Å². The second kappa shape index (κ2) is 8.41. The third-order valence-electron chi connectivity index (χ3n) is 6.01. The Morgan fingerprint density at radius 1 is 1.09 bits per heavy atom. The number of pyridine rings is 1. The molecule has 0 fully saturated rings. The molecular weight excluding hydrogens is 476 g/mol. The van der Waals surface area contributed by atoms with Crippen LogP contribution in [0, 0.1) is 13.8 Å². The molecule has 2 N–H and O–H groups in total. The highest BCUT2D eigenvalue weighted by molar-refractivity contribution is 7.92. The summed E-state index contributed by atoms with van der Waals surface area (Å²) in [5.41, 5.74) is 4.85. The van der Waals surface area contributed by atoms with E-state index >= 15 is 0 Å². The molecule has 0 unspecified atom stereocenters. The second-order valence-electron chi connectivity index (χ2n) is 8.23. The van der Waals surface area contributed by atoms with Crippen molar-refractivity contribution >= 4 is 50.0 Å². The van der Waals surface area contributed by atoms with Gasteiger partial charge in [0.15, 0.2) is 0 Å². The van der Waals surface area contributed by atoms with E-state index < -0.39 is 10.0 Å². The number of carbonyl (C=O) groups is 1. The Hall–Kier alpha value is -3.43. The minimum atomic E-state index is -3.88. The average Bonchev–Trinajstić information content (AvgIpc) is 3.39. The van der Waals surface area contributed by atoms with E-state index in [4.69, 9.17) is 21.1 Å². The van der Waals surface area contributed by atoms with E-state index in [-0.39, 0.29) is 16.7 Å². The molecule has 0 atom stereocenters. The zero-order chi connectivity index (χ0) is 24.0. The Morgan fingerprint density at radius 3 is 2.56 bits per heavy atom. The molecule has 0 saturated carbocycles. The van der Waals surface area contributed by atoms with Gasteiger partial charge in [0, 0.05) is 27.4 Å². The smallest absolute Gasteiger partial charge is 0.264 e. The van der Waals surface area contributed by atoms with Crippen LogP contribution in [0.1, 0.15) is 39.3 Å². The molecule has 1 aliphatic carbocycles. The maximum atomic E-state index is 13.3. The number of rotatable bonds is 5. The van der Waals surface area contributed by atoms with Crippen molar-refractivity contribution in [1.29, 1.82) is 0 Å². The maximum Gasteiger partial charge on any atom is 0.264 e. The number of aryl methyl sites for hydroxylation is 2. The molecule has 0 aliphatic heterocycles. The van der Waals surface area contributed by atoms with E-state index in [1.807, 2.05) is 6.07 Å². The largest absolute Gasteiger partial charge is 0.337 e. The van der Waals surface area contributed by atoms with Crippen LogP contribution in [-0.2, 0) is 22.9 Å². The van der Waals surface area contributed by atoms with Crippen molar-refractivity contribution in [3.8, 4) is 0 Å². The highest BCUT2D eigenvalue weighted by Gasteiger charge is 2.24. The Labute approximate surface area is 201 Å². The molecule has 174 valence electrons. The molecule has 0 saturated heterocycles. The van der Waals surface area contributed by atoms with Gasteiger partial charge in [-0.3, -0.25) is 9.78 Å². The molecule has 34 heavy (non-hydrogen) atoms. The zero-order valence-electron chi connectivity index (χ0n) is 18.5. The van der Waals surface area contributed by atoms with Gasteiger partial charge in [-0.2, -0.15) is 0 Å². The quantitative estimate of drug-likeness (QED) is 0.400. The lowest BCUT2D eigenvalue weighted by Gasteiger charge is -2.13. The van der Waals surface area contributed by atoms with E-state index in [0.29, 0.717) is 32.9 Å². The summed E-state index contributed by atoms with van der Waals surface area (Å²) in [6, 6.07) is 11.3. The second-order valence-corrected chi connectivity index (χ2v) is 10.4. The van der Waals surface area contributed by atoms with Crippen molar-refractivity contribution in [2.75, 3.05) is 10.0 Å². The number of nitrogens with one attached hydrogen (secondary N) is 2. The van der Waals surface area contributed by atoms with E-state index in [9.17, 15) is 13.2 Å². The first-order valence-electron chi connectivity index (χ1n) is 10.7. The lowest BCUT2D eigenvalue weighted by molar-refractivity contribution is 0.102. The number of halogens is 1. The summed E-state index contributed by atoms with van der Waals surface area (Å²) in [5.74, 6) is -0.207.